The van der Waals surface area contributed by atoms with Crippen LogP contribution in [0.4, 0.5) is 0 Å². The van der Waals surface area contributed by atoms with Gasteiger partial charge in [-0.15, -0.1) is 0 Å². The molecular formula is C58H102O6. The van der Waals surface area contributed by atoms with Gasteiger partial charge in [-0.25, -0.2) is 0 Å². The van der Waals surface area contributed by atoms with Gasteiger partial charge in [0.05, 0.1) is 0 Å². The topological polar surface area (TPSA) is 78.9 Å². The number of unbranched alkanes of at least 4 members (excludes halogenated alkanes) is 28. The maximum Gasteiger partial charge on any atom is 0.306 e. The van der Waals surface area contributed by atoms with Crippen LogP contribution < -0.4 is 0 Å². The second-order valence-electron chi connectivity index (χ2n) is 18.1. The number of rotatable bonds is 49. The number of ether oxygens (including phenoxy) is 3. The first-order valence-corrected chi connectivity index (χ1v) is 27.3. The summed E-state index contributed by atoms with van der Waals surface area (Å²) in [7, 11) is 0. The van der Waals surface area contributed by atoms with Crippen molar-refractivity contribution in [3.63, 3.8) is 0 Å². The largest absolute Gasteiger partial charge is 0.462 e. The van der Waals surface area contributed by atoms with Crippen LogP contribution in [0.15, 0.2) is 60.8 Å². The fraction of sp³-hybridized carbons (Fsp3) is 0.776. The summed E-state index contributed by atoms with van der Waals surface area (Å²) in [4.78, 5) is 37.8. The van der Waals surface area contributed by atoms with Crippen molar-refractivity contribution in [2.24, 2.45) is 0 Å². The Kier molecular flexibility index (Phi) is 50.4. The molecule has 0 saturated heterocycles. The van der Waals surface area contributed by atoms with Crippen molar-refractivity contribution in [3.8, 4) is 0 Å². The Labute approximate surface area is 396 Å². The van der Waals surface area contributed by atoms with Gasteiger partial charge >= 0.3 is 17.9 Å². The highest BCUT2D eigenvalue weighted by Crippen LogP contribution is 2.15. The number of carbonyl (C=O) groups excluding carboxylic acids is 3. The molecular weight excluding hydrogens is 793 g/mol. The highest BCUT2D eigenvalue weighted by atomic mass is 16.6. The van der Waals surface area contributed by atoms with E-state index >= 15 is 0 Å². The van der Waals surface area contributed by atoms with Gasteiger partial charge < -0.3 is 14.2 Å². The molecule has 0 aliphatic heterocycles. The summed E-state index contributed by atoms with van der Waals surface area (Å²) >= 11 is 0. The van der Waals surface area contributed by atoms with E-state index in [9.17, 15) is 14.4 Å². The third kappa shape index (κ3) is 50.1. The minimum absolute atomic E-state index is 0.0835. The molecule has 0 radical (unpaired) electrons. The van der Waals surface area contributed by atoms with Crippen molar-refractivity contribution in [1.29, 1.82) is 0 Å². The van der Waals surface area contributed by atoms with E-state index in [1.165, 1.54) is 135 Å². The number of hydrogen-bond donors (Lipinski definition) is 0. The van der Waals surface area contributed by atoms with Crippen LogP contribution in [0.5, 0.6) is 0 Å². The average molecular weight is 895 g/mol. The number of allylic oxidation sites excluding steroid dienone is 10. The Bertz CT molecular complexity index is 1170. The molecule has 0 amide bonds. The van der Waals surface area contributed by atoms with Crippen LogP contribution in [0, 0.1) is 0 Å². The van der Waals surface area contributed by atoms with Crippen molar-refractivity contribution in [3.05, 3.63) is 60.8 Å². The third-order valence-corrected chi connectivity index (χ3v) is 11.8. The SMILES string of the molecule is CC/C=C\C/C=C\C/C=C\C/C=C\CCCCCCC(=O)OC(COC(=O)CCCCCCCC)COC(=O)CCCCCCCCCCCCC/C=C\CCCCCCCCCC. The van der Waals surface area contributed by atoms with Crippen LogP contribution in [-0.4, -0.2) is 37.2 Å². The van der Waals surface area contributed by atoms with E-state index in [0.717, 1.165) is 96.3 Å². The molecule has 0 N–H and O–H groups in total. The lowest BCUT2D eigenvalue weighted by molar-refractivity contribution is -0.167. The normalized spacial score (nSPS) is 12.5. The minimum Gasteiger partial charge on any atom is -0.462 e. The van der Waals surface area contributed by atoms with E-state index in [0.29, 0.717) is 19.3 Å². The summed E-state index contributed by atoms with van der Waals surface area (Å²) in [5, 5.41) is 0. The Morgan fingerprint density at radius 1 is 0.328 bits per heavy atom. The summed E-state index contributed by atoms with van der Waals surface area (Å²) < 4.78 is 16.7. The zero-order valence-corrected chi connectivity index (χ0v) is 42.3. The first-order valence-electron chi connectivity index (χ1n) is 27.3. The standard InChI is InChI=1S/C58H102O6/c1-4-7-10-13-16-18-20-22-24-26-27-28-29-30-31-33-34-36-38-40-42-45-48-51-57(60)63-54-55(53-62-56(59)50-47-44-15-12-9-6-3)64-58(61)52-49-46-43-41-39-37-35-32-25-23-21-19-17-14-11-8-5-2/h8,11,17,19,23,25-27,35,37,55H,4-7,9-10,12-16,18,20-22,24,28-34,36,38-54H2,1-3H3/b11-8-,19-17-,25-23-,27-26-,37-35-. The Hall–Kier alpha value is -2.89. The van der Waals surface area contributed by atoms with Gasteiger partial charge in [-0.1, -0.05) is 229 Å². The Balaban J connectivity index is 4.17. The number of carbonyl (C=O) groups is 3. The van der Waals surface area contributed by atoms with Crippen LogP contribution in [-0.2, 0) is 28.6 Å². The molecule has 0 rings (SSSR count). The maximum atomic E-state index is 12.8. The molecule has 0 saturated carbocycles. The zero-order valence-electron chi connectivity index (χ0n) is 42.3. The molecule has 1 atom stereocenters. The predicted octanol–water partition coefficient (Wildman–Crippen LogP) is 18.0. The van der Waals surface area contributed by atoms with E-state index < -0.39 is 6.10 Å². The van der Waals surface area contributed by atoms with E-state index in [1.807, 2.05) is 0 Å². The van der Waals surface area contributed by atoms with Gasteiger partial charge in [-0.05, 0) is 83.5 Å². The molecule has 0 aromatic heterocycles. The van der Waals surface area contributed by atoms with Crippen molar-refractivity contribution in [2.45, 2.75) is 277 Å². The summed E-state index contributed by atoms with van der Waals surface area (Å²) in [6.07, 6.45) is 65.3. The third-order valence-electron chi connectivity index (χ3n) is 11.8. The number of esters is 3. The van der Waals surface area contributed by atoms with E-state index in [4.69, 9.17) is 14.2 Å². The molecule has 0 bridgehead atoms. The molecule has 0 aliphatic rings. The quantitative estimate of drug-likeness (QED) is 0.0262. The predicted molar refractivity (Wildman–Crippen MR) is 275 cm³/mol. The summed E-state index contributed by atoms with van der Waals surface area (Å²) in [5.41, 5.74) is 0. The van der Waals surface area contributed by atoms with Crippen LogP contribution in [0.25, 0.3) is 0 Å². The van der Waals surface area contributed by atoms with Gasteiger partial charge in [-0.2, -0.15) is 0 Å². The monoisotopic (exact) mass is 895 g/mol. The van der Waals surface area contributed by atoms with Gasteiger partial charge in [-0.3, -0.25) is 14.4 Å². The molecule has 1 unspecified atom stereocenters. The van der Waals surface area contributed by atoms with Crippen LogP contribution in [0.1, 0.15) is 271 Å². The highest BCUT2D eigenvalue weighted by Gasteiger charge is 2.19. The second-order valence-corrected chi connectivity index (χ2v) is 18.1. The van der Waals surface area contributed by atoms with Crippen molar-refractivity contribution in [1.82, 2.24) is 0 Å². The fourth-order valence-electron chi connectivity index (χ4n) is 7.66. The molecule has 0 aromatic carbocycles. The first-order chi connectivity index (χ1) is 31.5. The summed E-state index contributed by atoms with van der Waals surface area (Å²) in [5.74, 6) is -0.912. The fourth-order valence-corrected chi connectivity index (χ4v) is 7.66. The minimum atomic E-state index is -0.783. The van der Waals surface area contributed by atoms with Crippen molar-refractivity contribution >= 4 is 17.9 Å². The van der Waals surface area contributed by atoms with Gasteiger partial charge in [0.15, 0.2) is 6.10 Å². The summed E-state index contributed by atoms with van der Waals surface area (Å²) in [6.45, 7) is 6.46. The number of hydrogen-bond acceptors (Lipinski definition) is 6. The smallest absolute Gasteiger partial charge is 0.306 e. The zero-order chi connectivity index (χ0) is 46.5. The molecule has 6 heteroatoms. The molecule has 6 nitrogen and oxygen atoms in total. The van der Waals surface area contributed by atoms with Gasteiger partial charge in [0.1, 0.15) is 13.2 Å². The second kappa shape index (κ2) is 52.7. The van der Waals surface area contributed by atoms with Crippen LogP contribution in [0.2, 0.25) is 0 Å². The molecule has 370 valence electrons. The highest BCUT2D eigenvalue weighted by molar-refractivity contribution is 5.71. The lowest BCUT2D eigenvalue weighted by Gasteiger charge is -2.18. The van der Waals surface area contributed by atoms with Crippen molar-refractivity contribution in [2.75, 3.05) is 13.2 Å². The molecule has 0 spiro atoms. The Morgan fingerprint density at radius 3 is 0.969 bits per heavy atom. The van der Waals surface area contributed by atoms with E-state index in [2.05, 4.69) is 81.5 Å². The maximum absolute atomic E-state index is 12.8. The lowest BCUT2D eigenvalue weighted by atomic mass is 10.0. The lowest BCUT2D eigenvalue weighted by Crippen LogP contribution is -2.30. The van der Waals surface area contributed by atoms with Gasteiger partial charge in [0.25, 0.3) is 0 Å². The summed E-state index contributed by atoms with van der Waals surface area (Å²) in [6, 6.07) is 0. The van der Waals surface area contributed by atoms with Crippen molar-refractivity contribution < 1.29 is 28.6 Å². The van der Waals surface area contributed by atoms with E-state index in [-0.39, 0.29) is 31.1 Å². The molecule has 0 aromatic rings. The van der Waals surface area contributed by atoms with Crippen LogP contribution >= 0.6 is 0 Å². The molecule has 64 heavy (non-hydrogen) atoms. The first kappa shape index (κ1) is 61.1. The molecule has 0 aliphatic carbocycles. The van der Waals surface area contributed by atoms with Gasteiger partial charge in [0, 0.05) is 19.3 Å². The average Bonchev–Trinajstić information content (AvgIpc) is 3.29. The van der Waals surface area contributed by atoms with Gasteiger partial charge in [0.2, 0.25) is 0 Å². The Morgan fingerprint density at radius 2 is 0.609 bits per heavy atom. The molecule has 0 heterocycles. The molecule has 0 fully saturated rings. The van der Waals surface area contributed by atoms with Crippen LogP contribution in [0.3, 0.4) is 0 Å². The van der Waals surface area contributed by atoms with E-state index in [1.54, 1.807) is 0 Å².